The molecule has 0 bridgehead atoms. The highest BCUT2D eigenvalue weighted by Gasteiger charge is 2.32. The molecule has 1 unspecified atom stereocenters. The van der Waals surface area contributed by atoms with Crippen molar-refractivity contribution >= 4 is 6.08 Å². The molecule has 1 saturated carbocycles. The normalized spacial score (nSPS) is 23.7. The lowest BCUT2D eigenvalue weighted by Gasteiger charge is -2.38. The predicted molar refractivity (Wildman–Crippen MR) is 109 cm³/mol. The van der Waals surface area contributed by atoms with Gasteiger partial charge in [-0.3, -0.25) is 4.90 Å². The van der Waals surface area contributed by atoms with Gasteiger partial charge in [0.05, 0.1) is 0 Å². The van der Waals surface area contributed by atoms with Gasteiger partial charge in [-0.2, -0.15) is 0 Å². The zero-order valence-corrected chi connectivity index (χ0v) is 16.8. The van der Waals surface area contributed by atoms with Crippen LogP contribution in [0, 0.1) is 17.6 Å². The minimum atomic E-state index is -0.533. The summed E-state index contributed by atoms with van der Waals surface area (Å²) in [6, 6.07) is 5.04. The number of hydrogen-bond donors (Lipinski definition) is 1. The summed E-state index contributed by atoms with van der Waals surface area (Å²) in [7, 11) is 0. The molecule has 1 aliphatic carbocycles. The van der Waals surface area contributed by atoms with Gasteiger partial charge in [0.2, 0.25) is 0 Å². The average Bonchev–Trinajstić information content (AvgIpc) is 3.12. The molecule has 2 aliphatic rings. The van der Waals surface area contributed by atoms with Gasteiger partial charge >= 0.3 is 0 Å². The number of nitrogens with one attached hydrogen (secondary N) is 1. The highest BCUT2D eigenvalue weighted by atomic mass is 19.1. The molecule has 150 valence electrons. The minimum Gasteiger partial charge on any atom is -0.311 e. The molecule has 1 heterocycles. The van der Waals surface area contributed by atoms with Gasteiger partial charge in [0.15, 0.2) is 0 Å². The Morgan fingerprint density at radius 2 is 1.96 bits per heavy atom. The van der Waals surface area contributed by atoms with Gasteiger partial charge in [0, 0.05) is 36.8 Å². The highest BCUT2D eigenvalue weighted by molar-refractivity contribution is 5.53. The van der Waals surface area contributed by atoms with E-state index in [0.29, 0.717) is 17.6 Å². The lowest BCUT2D eigenvalue weighted by atomic mass is 9.84. The second kappa shape index (κ2) is 9.79. The van der Waals surface area contributed by atoms with Crippen molar-refractivity contribution < 1.29 is 8.78 Å². The van der Waals surface area contributed by atoms with Crippen molar-refractivity contribution in [2.24, 2.45) is 5.92 Å². The first kappa shape index (κ1) is 20.5. The number of halogens is 2. The first-order valence-electron chi connectivity index (χ1n) is 10.6. The van der Waals surface area contributed by atoms with Gasteiger partial charge < -0.3 is 5.32 Å². The van der Waals surface area contributed by atoms with E-state index >= 15 is 0 Å². The van der Waals surface area contributed by atoms with Crippen molar-refractivity contribution in [1.29, 1.82) is 0 Å². The first-order chi connectivity index (χ1) is 13.0. The number of likely N-dealkylation sites (tertiary alicyclic amines) is 1. The van der Waals surface area contributed by atoms with Crippen molar-refractivity contribution in [3.63, 3.8) is 0 Å². The Morgan fingerprint density at radius 1 is 1.19 bits per heavy atom. The highest BCUT2D eigenvalue weighted by Crippen LogP contribution is 2.32. The largest absolute Gasteiger partial charge is 0.311 e. The van der Waals surface area contributed by atoms with Crippen molar-refractivity contribution in [1.82, 2.24) is 10.2 Å². The van der Waals surface area contributed by atoms with E-state index in [1.165, 1.54) is 63.6 Å². The molecule has 27 heavy (non-hydrogen) atoms. The monoisotopic (exact) mass is 376 g/mol. The molecule has 2 nitrogen and oxygen atoms in total. The van der Waals surface area contributed by atoms with Gasteiger partial charge in [-0.05, 0) is 64.1 Å². The number of benzene rings is 1. The van der Waals surface area contributed by atoms with Crippen LogP contribution in [0.1, 0.15) is 64.4 Å². The standard InChI is InChI=1S/C23H34F2N2/c1-17(13-20-10-11-21(24)14-23(20)25)15-26-16-22-9-6-12-27(22)18(2)19-7-4-3-5-8-19/h10-11,13-14,18-19,22,26H,3-9,12,15-16H2,1-2H3/b17-13+/t18?,22-/m0/s1. The van der Waals surface area contributed by atoms with Crippen molar-refractivity contribution in [3.8, 4) is 0 Å². The maximum absolute atomic E-state index is 13.8. The summed E-state index contributed by atoms with van der Waals surface area (Å²) < 4.78 is 26.8. The Hall–Kier alpha value is -1.26. The molecule has 2 fully saturated rings. The van der Waals surface area contributed by atoms with Crippen LogP contribution in [-0.2, 0) is 0 Å². The van der Waals surface area contributed by atoms with Gasteiger partial charge in [0.1, 0.15) is 11.6 Å². The molecule has 1 N–H and O–H groups in total. The van der Waals surface area contributed by atoms with Gasteiger partial charge in [0.25, 0.3) is 0 Å². The third kappa shape index (κ3) is 5.61. The van der Waals surface area contributed by atoms with Crippen LogP contribution in [0.25, 0.3) is 6.08 Å². The number of rotatable bonds is 7. The summed E-state index contributed by atoms with van der Waals surface area (Å²) in [5.74, 6) is -0.172. The smallest absolute Gasteiger partial charge is 0.133 e. The molecule has 0 amide bonds. The molecule has 3 rings (SSSR count). The molecule has 1 saturated heterocycles. The molecule has 1 aromatic carbocycles. The predicted octanol–water partition coefficient (Wildman–Crippen LogP) is 5.39. The third-order valence-electron chi connectivity index (χ3n) is 6.43. The molecule has 2 atom stereocenters. The molecule has 1 aromatic rings. The summed E-state index contributed by atoms with van der Waals surface area (Å²) in [5.41, 5.74) is 1.51. The summed E-state index contributed by atoms with van der Waals surface area (Å²) >= 11 is 0. The molecule has 0 radical (unpaired) electrons. The summed E-state index contributed by atoms with van der Waals surface area (Å²) in [4.78, 5) is 2.72. The molecular weight excluding hydrogens is 342 g/mol. The maximum atomic E-state index is 13.8. The first-order valence-corrected chi connectivity index (χ1v) is 10.6. The van der Waals surface area contributed by atoms with Gasteiger partial charge in [-0.15, -0.1) is 0 Å². The summed E-state index contributed by atoms with van der Waals surface area (Å²) in [6.45, 7) is 7.36. The van der Waals surface area contributed by atoms with Crippen LogP contribution in [0.3, 0.4) is 0 Å². The Bertz CT molecular complexity index is 637. The van der Waals surface area contributed by atoms with Crippen LogP contribution in [0.15, 0.2) is 23.8 Å². The SMILES string of the molecule is C/C(=C\c1ccc(F)cc1F)CNC[C@@H]1CCCN1C(C)C1CCCCC1. The van der Waals surface area contributed by atoms with Crippen LogP contribution >= 0.6 is 0 Å². The summed E-state index contributed by atoms with van der Waals surface area (Å²) in [6.07, 6.45) is 11.4. The molecule has 4 heteroatoms. The van der Waals surface area contributed by atoms with E-state index < -0.39 is 11.6 Å². The molecule has 0 aromatic heterocycles. The van der Waals surface area contributed by atoms with Gasteiger partial charge in [-0.1, -0.05) is 30.9 Å². The topological polar surface area (TPSA) is 15.3 Å². The molecule has 1 aliphatic heterocycles. The quantitative estimate of drug-likeness (QED) is 0.686. The Labute approximate surface area is 163 Å². The van der Waals surface area contributed by atoms with Crippen LogP contribution in [0.4, 0.5) is 8.78 Å². The van der Waals surface area contributed by atoms with Crippen LogP contribution in [-0.4, -0.2) is 36.6 Å². The van der Waals surface area contributed by atoms with E-state index in [0.717, 1.165) is 30.6 Å². The van der Waals surface area contributed by atoms with E-state index in [-0.39, 0.29) is 0 Å². The zero-order valence-electron chi connectivity index (χ0n) is 16.8. The van der Waals surface area contributed by atoms with E-state index in [2.05, 4.69) is 17.1 Å². The average molecular weight is 377 g/mol. The van der Waals surface area contributed by atoms with Crippen LogP contribution in [0.2, 0.25) is 0 Å². The zero-order chi connectivity index (χ0) is 19.2. The number of nitrogens with zero attached hydrogens (tertiary/aromatic N) is 1. The Kier molecular flexibility index (Phi) is 7.42. The van der Waals surface area contributed by atoms with Crippen molar-refractivity contribution in [3.05, 3.63) is 41.0 Å². The van der Waals surface area contributed by atoms with Crippen molar-refractivity contribution in [2.45, 2.75) is 70.9 Å². The van der Waals surface area contributed by atoms with Crippen LogP contribution in [0.5, 0.6) is 0 Å². The number of hydrogen-bond acceptors (Lipinski definition) is 2. The van der Waals surface area contributed by atoms with E-state index in [9.17, 15) is 8.78 Å². The lowest BCUT2D eigenvalue weighted by molar-refractivity contribution is 0.117. The minimum absolute atomic E-state index is 0.448. The van der Waals surface area contributed by atoms with E-state index in [4.69, 9.17) is 0 Å². The fourth-order valence-electron chi connectivity index (χ4n) is 4.87. The third-order valence-corrected chi connectivity index (χ3v) is 6.43. The fraction of sp³-hybridized carbons (Fsp3) is 0.652. The Balaban J connectivity index is 1.49. The Morgan fingerprint density at radius 3 is 2.70 bits per heavy atom. The van der Waals surface area contributed by atoms with Crippen LogP contribution < -0.4 is 5.32 Å². The maximum Gasteiger partial charge on any atom is 0.133 e. The second-order valence-electron chi connectivity index (χ2n) is 8.46. The van der Waals surface area contributed by atoms with Gasteiger partial charge in [-0.25, -0.2) is 8.78 Å². The summed E-state index contributed by atoms with van der Waals surface area (Å²) in [5, 5.41) is 3.56. The molecular formula is C23H34F2N2. The lowest BCUT2D eigenvalue weighted by Crippen LogP contribution is -2.46. The molecule has 0 spiro atoms. The second-order valence-corrected chi connectivity index (χ2v) is 8.46. The fourth-order valence-corrected chi connectivity index (χ4v) is 4.87. The van der Waals surface area contributed by atoms with Crippen molar-refractivity contribution in [2.75, 3.05) is 19.6 Å². The van der Waals surface area contributed by atoms with E-state index in [1.54, 1.807) is 6.08 Å². The van der Waals surface area contributed by atoms with E-state index in [1.807, 2.05) is 6.92 Å².